The maximum absolute atomic E-state index is 12.3. The van der Waals surface area contributed by atoms with Crippen LogP contribution in [0.1, 0.15) is 43.2 Å². The van der Waals surface area contributed by atoms with E-state index in [-0.39, 0.29) is 12.4 Å². The molecule has 2 aromatic carbocycles. The van der Waals surface area contributed by atoms with E-state index in [0.717, 1.165) is 59.2 Å². The predicted octanol–water partition coefficient (Wildman–Crippen LogP) is 4.61. The van der Waals surface area contributed by atoms with Crippen LogP contribution in [0.15, 0.2) is 42.1 Å². The van der Waals surface area contributed by atoms with Crippen molar-refractivity contribution >= 4 is 32.9 Å². The van der Waals surface area contributed by atoms with Gasteiger partial charge in [0.2, 0.25) is 10.0 Å². The first-order chi connectivity index (χ1) is 16.2. The van der Waals surface area contributed by atoms with E-state index in [2.05, 4.69) is 10.0 Å². The smallest absolute Gasteiger partial charge is 0.233 e. The molecular weight excluding hydrogens is 474 g/mol. The molecule has 1 heterocycles. The molecule has 9 heteroatoms. The fourth-order valence-corrected chi connectivity index (χ4v) is 6.08. The normalized spacial score (nSPS) is 18.3. The fraction of sp³-hybridized carbons (Fsp3) is 0.440. The van der Waals surface area contributed by atoms with Gasteiger partial charge in [-0.1, -0.05) is 43.0 Å². The van der Waals surface area contributed by atoms with Crippen LogP contribution in [0.5, 0.6) is 0 Å². The van der Waals surface area contributed by atoms with Gasteiger partial charge in [0.1, 0.15) is 12.2 Å². The van der Waals surface area contributed by atoms with Crippen molar-refractivity contribution in [1.29, 1.82) is 0 Å². The van der Waals surface area contributed by atoms with Crippen LogP contribution < -0.4 is 15.8 Å². The summed E-state index contributed by atoms with van der Waals surface area (Å²) in [4.78, 5) is 11.3. The van der Waals surface area contributed by atoms with E-state index in [1.165, 1.54) is 6.42 Å². The molecule has 1 saturated carbocycles. The van der Waals surface area contributed by atoms with E-state index in [0.29, 0.717) is 17.3 Å². The maximum atomic E-state index is 12.3. The van der Waals surface area contributed by atoms with Crippen molar-refractivity contribution in [3.63, 3.8) is 0 Å². The average Bonchev–Trinajstić information content (AvgIpc) is 2.81. The zero-order valence-electron chi connectivity index (χ0n) is 19.6. The lowest BCUT2D eigenvalue weighted by Crippen LogP contribution is -2.44. The third-order valence-electron chi connectivity index (χ3n) is 6.61. The molecule has 184 valence electrons. The van der Waals surface area contributed by atoms with E-state index in [4.69, 9.17) is 27.1 Å². The molecule has 1 aliphatic heterocycles. The van der Waals surface area contributed by atoms with Gasteiger partial charge in [-0.3, -0.25) is 4.72 Å². The molecule has 1 spiro atoms. The van der Waals surface area contributed by atoms with Crippen LogP contribution in [0.4, 0.5) is 5.69 Å². The Kier molecular flexibility index (Phi) is 7.54. The lowest BCUT2D eigenvalue weighted by molar-refractivity contribution is -0.356. The molecule has 34 heavy (non-hydrogen) atoms. The number of hydrogen-bond acceptors (Lipinski definition) is 6. The summed E-state index contributed by atoms with van der Waals surface area (Å²) >= 11 is 6.75. The van der Waals surface area contributed by atoms with Crippen LogP contribution in [0.2, 0.25) is 5.02 Å². The number of nitrogens with two attached hydrogens (primary N) is 1. The van der Waals surface area contributed by atoms with Gasteiger partial charge in [0, 0.05) is 28.4 Å². The molecule has 0 atom stereocenters. The first-order valence-electron chi connectivity index (χ1n) is 11.6. The van der Waals surface area contributed by atoms with Gasteiger partial charge in [-0.25, -0.2) is 18.2 Å². The van der Waals surface area contributed by atoms with Crippen molar-refractivity contribution < 1.29 is 18.2 Å². The average molecular weight is 506 g/mol. The molecule has 0 radical (unpaired) electrons. The van der Waals surface area contributed by atoms with Crippen LogP contribution in [0.25, 0.3) is 16.7 Å². The number of nitrogens with one attached hydrogen (secondary N) is 2. The maximum Gasteiger partial charge on any atom is 0.233 e. The van der Waals surface area contributed by atoms with Crippen LogP contribution in [0, 0.1) is 6.92 Å². The summed E-state index contributed by atoms with van der Waals surface area (Å²) in [5.41, 5.74) is 11.9. The van der Waals surface area contributed by atoms with Gasteiger partial charge in [0.05, 0.1) is 11.4 Å². The Hall–Kier alpha value is -2.10. The second-order valence-electron chi connectivity index (χ2n) is 9.04. The molecule has 0 aromatic heterocycles. The molecule has 1 fully saturated rings. The molecule has 7 nitrogen and oxygen atoms in total. The summed E-state index contributed by atoms with van der Waals surface area (Å²) in [5, 5.41) is 3.40. The number of benzene rings is 2. The minimum atomic E-state index is -3.45. The van der Waals surface area contributed by atoms with E-state index >= 15 is 0 Å². The molecule has 0 amide bonds. The first kappa shape index (κ1) is 25.0. The van der Waals surface area contributed by atoms with Crippen LogP contribution >= 0.6 is 11.6 Å². The predicted molar refractivity (Wildman–Crippen MR) is 137 cm³/mol. The highest BCUT2D eigenvalue weighted by atomic mass is 35.5. The standard InChI is InChI=1S/C25H32ClN3O4S/c1-17-13-21(18-7-6-8-19(14-18)29-34(30,31)12-11-28-2)23(26)15-20(17)22-16-32-33-25(24(22)27)9-4-3-5-10-25/h6-8,13-15,28-29H,3-5,9-12,16,27H2,1-2H3. The summed E-state index contributed by atoms with van der Waals surface area (Å²) in [7, 11) is -1.73. The summed E-state index contributed by atoms with van der Waals surface area (Å²) in [6, 6.07) is 11.2. The van der Waals surface area contributed by atoms with E-state index in [9.17, 15) is 8.42 Å². The Bertz CT molecular complexity index is 1190. The van der Waals surface area contributed by atoms with Crippen molar-refractivity contribution in [2.24, 2.45) is 5.73 Å². The fourth-order valence-electron chi connectivity index (χ4n) is 4.74. The monoisotopic (exact) mass is 505 g/mol. The second-order valence-corrected chi connectivity index (χ2v) is 11.3. The molecule has 1 aliphatic carbocycles. The third kappa shape index (κ3) is 5.26. The van der Waals surface area contributed by atoms with Gasteiger partial charge in [0.25, 0.3) is 0 Å². The van der Waals surface area contributed by atoms with Gasteiger partial charge in [0.15, 0.2) is 0 Å². The van der Waals surface area contributed by atoms with Crippen LogP contribution in [-0.4, -0.2) is 40.0 Å². The summed E-state index contributed by atoms with van der Waals surface area (Å²) < 4.78 is 27.2. The highest BCUT2D eigenvalue weighted by molar-refractivity contribution is 7.92. The van der Waals surface area contributed by atoms with Crippen molar-refractivity contribution in [3.05, 3.63) is 58.2 Å². The van der Waals surface area contributed by atoms with Crippen molar-refractivity contribution in [1.82, 2.24) is 5.32 Å². The van der Waals surface area contributed by atoms with Crippen molar-refractivity contribution in [2.75, 3.05) is 30.7 Å². The topological polar surface area (TPSA) is 103 Å². The minimum absolute atomic E-state index is 0.00784. The minimum Gasteiger partial charge on any atom is -0.399 e. The van der Waals surface area contributed by atoms with E-state index in [1.807, 2.05) is 31.2 Å². The van der Waals surface area contributed by atoms with Gasteiger partial charge < -0.3 is 11.1 Å². The van der Waals surface area contributed by atoms with E-state index < -0.39 is 15.6 Å². The van der Waals surface area contributed by atoms with Crippen molar-refractivity contribution in [2.45, 2.75) is 44.6 Å². The number of rotatable bonds is 7. The van der Waals surface area contributed by atoms with Crippen molar-refractivity contribution in [3.8, 4) is 11.1 Å². The lowest BCUT2D eigenvalue weighted by atomic mass is 9.79. The van der Waals surface area contributed by atoms with Gasteiger partial charge >= 0.3 is 0 Å². The number of hydrogen-bond donors (Lipinski definition) is 3. The quantitative estimate of drug-likeness (QED) is 0.475. The molecule has 0 bridgehead atoms. The number of anilines is 1. The Labute approximate surface area is 206 Å². The van der Waals surface area contributed by atoms with E-state index in [1.54, 1.807) is 19.2 Å². The summed E-state index contributed by atoms with van der Waals surface area (Å²) in [6.45, 7) is 2.66. The third-order valence-corrected chi connectivity index (χ3v) is 8.21. The molecule has 4 N–H and O–H groups in total. The number of halogens is 1. The molecular formula is C25H32ClN3O4S. The molecule has 4 rings (SSSR count). The number of aryl methyl sites for hydroxylation is 1. The lowest BCUT2D eigenvalue weighted by Gasteiger charge is -2.40. The molecule has 2 aliphatic rings. The molecule has 0 saturated heterocycles. The zero-order valence-corrected chi connectivity index (χ0v) is 21.2. The Morgan fingerprint density at radius 3 is 2.62 bits per heavy atom. The molecule has 0 unspecified atom stereocenters. The van der Waals surface area contributed by atoms with Crippen LogP contribution in [0.3, 0.4) is 0 Å². The molecule has 2 aromatic rings. The SMILES string of the molecule is CNCCS(=O)(=O)Nc1cccc(-c2cc(C)c(C3=C(N)C4(CCCCC4)OOC3)cc2Cl)c1. The number of sulfonamides is 1. The summed E-state index contributed by atoms with van der Waals surface area (Å²) in [6.07, 6.45) is 5.00. The van der Waals surface area contributed by atoms with Gasteiger partial charge in [-0.15, -0.1) is 0 Å². The Morgan fingerprint density at radius 1 is 1.12 bits per heavy atom. The zero-order chi connectivity index (χ0) is 24.3. The van der Waals surface area contributed by atoms with Gasteiger partial charge in [-0.05, 0) is 67.8 Å². The summed E-state index contributed by atoms with van der Waals surface area (Å²) in [5.74, 6) is -0.00784. The Morgan fingerprint density at radius 2 is 1.88 bits per heavy atom. The van der Waals surface area contributed by atoms with Crippen LogP contribution in [-0.2, 0) is 19.8 Å². The highest BCUT2D eigenvalue weighted by Crippen LogP contribution is 2.43. The second kappa shape index (κ2) is 10.3. The van der Waals surface area contributed by atoms with Gasteiger partial charge in [-0.2, -0.15) is 0 Å². The first-order valence-corrected chi connectivity index (χ1v) is 13.6. The highest BCUT2D eigenvalue weighted by Gasteiger charge is 2.42. The Balaban J connectivity index is 1.66. The largest absolute Gasteiger partial charge is 0.399 e.